The van der Waals surface area contributed by atoms with Crippen LogP contribution in [0.15, 0.2) is 11.4 Å². The Balaban J connectivity index is 0.00000793. The summed E-state index contributed by atoms with van der Waals surface area (Å²) in [6.07, 6.45) is 20.9. The number of aromatic nitrogens is 3. The summed E-state index contributed by atoms with van der Waals surface area (Å²) in [5.41, 5.74) is 10.8. The Hall–Kier alpha value is -3.76. The summed E-state index contributed by atoms with van der Waals surface area (Å²) < 4.78 is 11.2. The molecule has 3 aromatic heterocycles. The quantitative estimate of drug-likeness (QED) is 0.0633. The summed E-state index contributed by atoms with van der Waals surface area (Å²) in [4.78, 5) is 56.9. The van der Waals surface area contributed by atoms with Gasteiger partial charge in [0.1, 0.15) is 5.92 Å². The third kappa shape index (κ3) is 11.9. The summed E-state index contributed by atoms with van der Waals surface area (Å²) in [7, 11) is 1.32. The second-order valence-electron chi connectivity index (χ2n) is 20.1. The number of nitrogens with one attached hydrogen (secondary N) is 1. The monoisotopic (exact) mass is 898 g/mol. The van der Waals surface area contributed by atoms with Gasteiger partial charge < -0.3 is 29.7 Å². The normalized spacial score (nSPS) is 22.0. The van der Waals surface area contributed by atoms with Crippen LogP contribution in [0.4, 0.5) is 0 Å². The summed E-state index contributed by atoms with van der Waals surface area (Å²) in [6, 6.07) is 0. The molecule has 0 amide bonds. The Morgan fingerprint density at radius 1 is 0.723 bits per heavy atom. The molecule has 1 unspecified atom stereocenters. The predicted octanol–water partition coefficient (Wildman–Crippen LogP) is 9.58. The molecule has 1 fully saturated rings. The van der Waals surface area contributed by atoms with Gasteiger partial charge in [0.2, 0.25) is 0 Å². The minimum absolute atomic E-state index is 0. The number of Topliss-reactive ketones (excluding diaryl/α,β-unsaturated/α-hetero) is 1. The maximum absolute atomic E-state index is 14.4. The molecule has 0 saturated carbocycles. The van der Waals surface area contributed by atoms with Gasteiger partial charge in [0.25, 0.3) is 0 Å². The fraction of sp³-hybridized carbons (Fsp3) is 0.618. The first kappa shape index (κ1) is 52.2. The van der Waals surface area contributed by atoms with E-state index in [4.69, 9.17) is 24.4 Å². The summed E-state index contributed by atoms with van der Waals surface area (Å²) in [5.74, 6) is 0.206. The molecule has 3 aliphatic rings. The van der Waals surface area contributed by atoms with Crippen LogP contribution in [0.5, 0.6) is 0 Å². The molecule has 350 valence electrons. The van der Waals surface area contributed by atoms with E-state index >= 15 is 0 Å². The van der Waals surface area contributed by atoms with E-state index in [0.29, 0.717) is 47.0 Å². The molecule has 65 heavy (non-hydrogen) atoms. The van der Waals surface area contributed by atoms with Crippen LogP contribution in [0, 0.1) is 62.2 Å². The minimum Gasteiger partial charge on any atom is -0.657 e. The largest absolute Gasteiger partial charge is 2.00 e. The van der Waals surface area contributed by atoms with Gasteiger partial charge in [-0.3, -0.25) is 14.4 Å². The number of allylic oxidation sites excluding steroid dienone is 2. The third-order valence-electron chi connectivity index (χ3n) is 14.9. The van der Waals surface area contributed by atoms with Crippen LogP contribution < -0.4 is 31.0 Å². The van der Waals surface area contributed by atoms with E-state index in [0.717, 1.165) is 93.6 Å². The average molecular weight is 899 g/mol. The Morgan fingerprint density at radius 3 is 1.91 bits per heavy atom. The van der Waals surface area contributed by atoms with Gasteiger partial charge >= 0.3 is 35.0 Å². The Kier molecular flexibility index (Phi) is 18.7. The van der Waals surface area contributed by atoms with E-state index < -0.39 is 11.9 Å². The number of nitrogens with zero attached hydrogens (tertiary/aromatic N) is 3. The maximum Gasteiger partial charge on any atom is 2.00 e. The number of ether oxygens (including phenoxy) is 2. The molecular formula is C55H77MgN4O5-. The Labute approximate surface area is 406 Å². The smallest absolute Gasteiger partial charge is 0.657 e. The zero-order valence-electron chi connectivity index (χ0n) is 42.0. The second kappa shape index (κ2) is 23.3. The molecule has 1 aliphatic carbocycles. The van der Waals surface area contributed by atoms with E-state index in [-0.39, 0.29) is 53.1 Å². The van der Waals surface area contributed by atoms with Crippen molar-refractivity contribution in [1.82, 2.24) is 20.3 Å². The zero-order chi connectivity index (χ0) is 46.4. The van der Waals surface area contributed by atoms with Crippen molar-refractivity contribution in [2.24, 2.45) is 41.4 Å². The Morgan fingerprint density at radius 2 is 1.31 bits per heavy atom. The van der Waals surface area contributed by atoms with Crippen molar-refractivity contribution in [3.8, 4) is 0 Å². The van der Waals surface area contributed by atoms with Gasteiger partial charge in [-0.15, -0.1) is 33.5 Å². The van der Waals surface area contributed by atoms with Crippen molar-refractivity contribution in [2.45, 2.75) is 166 Å². The van der Waals surface area contributed by atoms with Gasteiger partial charge in [0, 0.05) is 35.2 Å². The molecule has 9 nitrogen and oxygen atoms in total. The van der Waals surface area contributed by atoms with Crippen molar-refractivity contribution in [2.75, 3.05) is 13.7 Å². The van der Waals surface area contributed by atoms with E-state index in [1.165, 1.54) is 64.0 Å². The van der Waals surface area contributed by atoms with Crippen LogP contribution in [-0.2, 0) is 31.9 Å². The first-order valence-corrected chi connectivity index (χ1v) is 24.8. The number of carbonyl (C=O) groups is 3. The van der Waals surface area contributed by atoms with Crippen molar-refractivity contribution in [1.29, 1.82) is 0 Å². The van der Waals surface area contributed by atoms with Crippen molar-refractivity contribution in [3.05, 3.63) is 78.2 Å². The predicted molar refractivity (Wildman–Crippen MR) is 264 cm³/mol. The standard InChI is InChI=1S/C55H78N4O5.Mg/c1-13-39-35(8)42-28-44-37(10)41(24-25-48(60)64-27-26-34(7)23-17-22-33(6)21-16-20-32(5)19-15-18-31(3)4)52(58-44)50-51(55(62)63-12)54(61)49-38(11)45(59-53(49)50)30-47-40(14-2)36(9)43(57-47)29-46(39)56-42;/h28-34,37,41,51H,13-27H2,1-12H3,(H2,58,59,61);/q-2;+2/p-1/b43-29-,44-28-,47-30-;/t32-,33+,34?,37+,41+,51-;/m1./s1. The second-order valence-corrected chi connectivity index (χ2v) is 20.1. The van der Waals surface area contributed by atoms with Crippen LogP contribution >= 0.6 is 0 Å². The average Bonchev–Trinajstić information content (AvgIpc) is 3.99. The van der Waals surface area contributed by atoms with Gasteiger partial charge in [-0.2, -0.15) is 0 Å². The first-order chi connectivity index (χ1) is 30.6. The molecule has 2 aliphatic heterocycles. The van der Waals surface area contributed by atoms with E-state index in [1.807, 2.05) is 13.0 Å². The van der Waals surface area contributed by atoms with Gasteiger partial charge in [0.05, 0.1) is 13.7 Å². The van der Waals surface area contributed by atoms with Crippen LogP contribution in [-0.4, -0.2) is 54.5 Å². The van der Waals surface area contributed by atoms with Gasteiger partial charge in [-0.1, -0.05) is 159 Å². The number of esters is 2. The maximum atomic E-state index is 14.4. The molecule has 3 aromatic rings. The number of ketones is 1. The van der Waals surface area contributed by atoms with Crippen molar-refractivity contribution in [3.63, 3.8) is 0 Å². The molecule has 0 radical (unpaired) electrons. The number of rotatable bonds is 21. The zero-order valence-corrected chi connectivity index (χ0v) is 43.4. The van der Waals surface area contributed by atoms with Crippen molar-refractivity contribution >= 4 is 64.6 Å². The molecule has 8 bridgehead atoms. The summed E-state index contributed by atoms with van der Waals surface area (Å²) >= 11 is 0. The van der Waals surface area contributed by atoms with E-state index in [1.54, 1.807) is 0 Å². The molecule has 6 atom stereocenters. The third-order valence-corrected chi connectivity index (χ3v) is 14.9. The summed E-state index contributed by atoms with van der Waals surface area (Å²) in [6.45, 7) is 24.7. The molecular weight excluding hydrogens is 821 g/mol. The van der Waals surface area contributed by atoms with Crippen LogP contribution in [0.3, 0.4) is 0 Å². The molecule has 6 rings (SSSR count). The fourth-order valence-electron chi connectivity index (χ4n) is 10.6. The number of hydrogen-bond donors (Lipinski definition) is 1. The van der Waals surface area contributed by atoms with Gasteiger partial charge in [-0.05, 0) is 75.7 Å². The number of methoxy groups -OCH3 is 1. The SMILES string of the molecule is CCc1c2[n-]c(c1C)/C=C1\N/C(=C3\c4[n-]c(c(C)c4C(=O)[C@@H]3C(=O)OC)/C=c3\[n-]/c(c(C)c3CC)=C\2)[C@@H](CCC(=O)OCCC(C)CCC[C@@H](C)CCC[C@H](C)CCCC(C)C)[C@@H]1C.[Mg+2]. The fourth-order valence-corrected chi connectivity index (χ4v) is 10.6. The molecule has 5 heterocycles. The summed E-state index contributed by atoms with van der Waals surface area (Å²) in [5, 5.41) is 5.39. The van der Waals surface area contributed by atoms with E-state index in [2.05, 4.69) is 86.7 Å². The minimum atomic E-state index is -1.17. The van der Waals surface area contributed by atoms with Crippen LogP contribution in [0.25, 0.3) is 23.8 Å². The molecule has 10 heteroatoms. The van der Waals surface area contributed by atoms with Gasteiger partial charge in [0.15, 0.2) is 5.78 Å². The van der Waals surface area contributed by atoms with Crippen LogP contribution in [0.1, 0.15) is 193 Å². The van der Waals surface area contributed by atoms with E-state index in [9.17, 15) is 14.4 Å². The van der Waals surface area contributed by atoms with Crippen molar-refractivity contribution < 1.29 is 23.9 Å². The Bertz CT molecular complexity index is 2360. The number of carbonyl (C=O) groups excluding carboxylic acids is 3. The molecule has 1 saturated heterocycles. The van der Waals surface area contributed by atoms with Gasteiger partial charge in [-0.25, -0.2) is 0 Å². The molecule has 0 spiro atoms. The van der Waals surface area contributed by atoms with Crippen LogP contribution in [0.2, 0.25) is 0 Å². The molecule has 0 aromatic carbocycles. The molecule has 1 N–H and O–H groups in total. The number of fused-ring (bicyclic) bond motifs is 7. The first-order valence-electron chi connectivity index (χ1n) is 24.8. The topological polar surface area (TPSA) is 124 Å². The number of hydrogen-bond acceptors (Lipinski definition) is 6.